The van der Waals surface area contributed by atoms with Crippen LogP contribution < -0.4 is 26.6 Å². The van der Waals surface area contributed by atoms with Gasteiger partial charge in [0.15, 0.2) is 6.29 Å². The number of piperidine rings is 1. The summed E-state index contributed by atoms with van der Waals surface area (Å²) in [7, 11) is 0. The van der Waals surface area contributed by atoms with E-state index in [9.17, 15) is 14.4 Å². The number of hydrogen-bond acceptors (Lipinski definition) is 5. The number of para-hydroxylation sites is 1. The molecule has 0 aromatic heterocycles. The first-order valence-corrected chi connectivity index (χ1v) is 10.1. The van der Waals surface area contributed by atoms with Crippen molar-refractivity contribution in [3.8, 4) is 0 Å². The van der Waals surface area contributed by atoms with Crippen molar-refractivity contribution in [3.63, 3.8) is 0 Å². The van der Waals surface area contributed by atoms with E-state index in [1.54, 1.807) is 0 Å². The molecule has 8 nitrogen and oxygen atoms in total. The van der Waals surface area contributed by atoms with Crippen LogP contribution in [0.4, 0.5) is 11.4 Å². The predicted octanol–water partition coefficient (Wildman–Crippen LogP) is 1.38. The second-order valence-electron chi connectivity index (χ2n) is 7.54. The molecule has 2 aromatic rings. The van der Waals surface area contributed by atoms with Gasteiger partial charge in [-0.15, -0.1) is 0 Å². The zero-order valence-electron chi connectivity index (χ0n) is 16.6. The number of fused-ring (bicyclic) bond motifs is 1. The summed E-state index contributed by atoms with van der Waals surface area (Å²) in [4.78, 5) is 38.0. The summed E-state index contributed by atoms with van der Waals surface area (Å²) in [5.74, 6) is -2.35. The third-order valence-corrected chi connectivity index (χ3v) is 5.50. The van der Waals surface area contributed by atoms with E-state index in [4.69, 9.17) is 0 Å². The topological polar surface area (TPSA) is 111 Å². The first kappa shape index (κ1) is 19.9. The molecule has 2 aromatic carbocycles. The molecule has 5 N–H and O–H groups in total. The molecule has 2 fully saturated rings. The van der Waals surface area contributed by atoms with E-state index in [0.717, 1.165) is 17.7 Å². The fourth-order valence-electron chi connectivity index (χ4n) is 3.91. The average molecular weight is 407 g/mol. The lowest BCUT2D eigenvalue weighted by Gasteiger charge is -2.43. The Kier molecular flexibility index (Phi) is 5.67. The monoisotopic (exact) mass is 407 g/mol. The third kappa shape index (κ3) is 4.28. The van der Waals surface area contributed by atoms with Crippen LogP contribution >= 0.6 is 0 Å². The smallest absolute Gasteiger partial charge is 0.229 e. The molecular formula is C22H25N5O3. The van der Waals surface area contributed by atoms with Crippen LogP contribution in [0.25, 0.3) is 0 Å². The van der Waals surface area contributed by atoms with Gasteiger partial charge in [0.2, 0.25) is 17.7 Å². The summed E-state index contributed by atoms with van der Waals surface area (Å²) >= 11 is 0. The van der Waals surface area contributed by atoms with Gasteiger partial charge in [-0.3, -0.25) is 19.7 Å². The standard InChI is InChI=1S/C22H25N5O3/c1-2-13-8-10-15(11-9-13)23-20(29)16-12-17(28)25-19-18(16)21(30)27-22(26-19)24-14-6-4-3-5-7-14/h3-11,16,18-19,22,24,26H,2,12H2,1H3,(H,23,29)(H,25,28)(H,27,30). The van der Waals surface area contributed by atoms with E-state index < -0.39 is 24.3 Å². The molecule has 30 heavy (non-hydrogen) atoms. The van der Waals surface area contributed by atoms with Crippen molar-refractivity contribution in [2.24, 2.45) is 11.8 Å². The molecular weight excluding hydrogens is 382 g/mol. The Bertz CT molecular complexity index is 932. The maximum Gasteiger partial charge on any atom is 0.229 e. The lowest BCUT2D eigenvalue weighted by molar-refractivity contribution is -0.144. The van der Waals surface area contributed by atoms with E-state index in [2.05, 4.69) is 33.5 Å². The molecule has 0 aliphatic carbocycles. The van der Waals surface area contributed by atoms with E-state index in [-0.39, 0.29) is 24.1 Å². The molecule has 8 heteroatoms. The molecule has 4 atom stereocenters. The van der Waals surface area contributed by atoms with Crippen molar-refractivity contribution >= 4 is 29.1 Å². The SMILES string of the molecule is CCc1ccc(NC(=O)C2CC(=O)NC3NC(Nc4ccccc4)NC(=O)C32)cc1. The summed E-state index contributed by atoms with van der Waals surface area (Å²) in [5, 5.41) is 14.8. The number of amides is 3. The summed E-state index contributed by atoms with van der Waals surface area (Å²) in [6.07, 6.45) is -0.333. The molecule has 2 saturated heterocycles. The zero-order valence-corrected chi connectivity index (χ0v) is 16.6. The number of carbonyl (C=O) groups excluding carboxylic acids is 3. The molecule has 0 bridgehead atoms. The van der Waals surface area contributed by atoms with Crippen LogP contribution in [0.5, 0.6) is 0 Å². The molecule has 0 saturated carbocycles. The maximum absolute atomic E-state index is 12.9. The lowest BCUT2D eigenvalue weighted by Crippen LogP contribution is -2.72. The first-order valence-electron chi connectivity index (χ1n) is 10.1. The van der Waals surface area contributed by atoms with Gasteiger partial charge >= 0.3 is 0 Å². The predicted molar refractivity (Wildman–Crippen MR) is 113 cm³/mol. The van der Waals surface area contributed by atoms with E-state index in [1.807, 2.05) is 54.6 Å². The number of rotatable bonds is 5. The number of anilines is 2. The number of benzene rings is 2. The molecule has 2 heterocycles. The van der Waals surface area contributed by atoms with Gasteiger partial charge in [-0.2, -0.15) is 0 Å². The van der Waals surface area contributed by atoms with Crippen LogP contribution in [0.2, 0.25) is 0 Å². The minimum absolute atomic E-state index is 0.0358. The van der Waals surface area contributed by atoms with Crippen molar-refractivity contribution in [3.05, 3.63) is 60.2 Å². The highest BCUT2D eigenvalue weighted by atomic mass is 16.2. The van der Waals surface area contributed by atoms with Crippen LogP contribution in [0, 0.1) is 11.8 Å². The summed E-state index contributed by atoms with van der Waals surface area (Å²) < 4.78 is 0. The summed E-state index contributed by atoms with van der Waals surface area (Å²) in [6.45, 7) is 2.06. The highest BCUT2D eigenvalue weighted by molar-refractivity contribution is 6.00. The lowest BCUT2D eigenvalue weighted by atomic mass is 9.81. The number of hydrogen-bond donors (Lipinski definition) is 5. The Balaban J connectivity index is 1.46. The molecule has 2 aliphatic heterocycles. The number of carbonyl (C=O) groups is 3. The quantitative estimate of drug-likeness (QED) is 0.514. The van der Waals surface area contributed by atoms with Gasteiger partial charge in [0.25, 0.3) is 0 Å². The minimum atomic E-state index is -0.764. The van der Waals surface area contributed by atoms with Crippen LogP contribution in [0.3, 0.4) is 0 Å². The summed E-state index contributed by atoms with van der Waals surface area (Å²) in [6, 6.07) is 17.0. The van der Waals surface area contributed by atoms with Crippen LogP contribution in [0.1, 0.15) is 18.9 Å². The first-order chi connectivity index (χ1) is 14.5. The number of aryl methyl sites for hydroxylation is 1. The van der Waals surface area contributed by atoms with Crippen molar-refractivity contribution in [2.45, 2.75) is 32.2 Å². The second kappa shape index (κ2) is 8.54. The Morgan fingerprint density at radius 1 is 1.00 bits per heavy atom. The van der Waals surface area contributed by atoms with Gasteiger partial charge in [0.1, 0.15) is 0 Å². The molecule has 4 unspecified atom stereocenters. The largest absolute Gasteiger partial charge is 0.353 e. The normalized spacial score (nSPS) is 25.5. The fraction of sp³-hybridized carbons (Fsp3) is 0.318. The molecule has 0 spiro atoms. The highest BCUT2D eigenvalue weighted by Gasteiger charge is 2.48. The fourth-order valence-corrected chi connectivity index (χ4v) is 3.91. The van der Waals surface area contributed by atoms with E-state index in [1.165, 1.54) is 0 Å². The van der Waals surface area contributed by atoms with Gasteiger partial charge < -0.3 is 21.3 Å². The van der Waals surface area contributed by atoms with Crippen molar-refractivity contribution in [2.75, 3.05) is 10.6 Å². The molecule has 0 radical (unpaired) electrons. The average Bonchev–Trinajstić information content (AvgIpc) is 2.74. The maximum atomic E-state index is 12.9. The Labute approximate surface area is 174 Å². The second-order valence-corrected chi connectivity index (χ2v) is 7.54. The minimum Gasteiger partial charge on any atom is -0.353 e. The van der Waals surface area contributed by atoms with Gasteiger partial charge in [-0.05, 0) is 36.2 Å². The third-order valence-electron chi connectivity index (χ3n) is 5.50. The molecule has 2 aliphatic rings. The van der Waals surface area contributed by atoms with Crippen molar-refractivity contribution in [1.29, 1.82) is 0 Å². The Hall–Kier alpha value is -3.39. The van der Waals surface area contributed by atoms with E-state index >= 15 is 0 Å². The van der Waals surface area contributed by atoms with Gasteiger partial charge in [-0.25, -0.2) is 0 Å². The van der Waals surface area contributed by atoms with Crippen molar-refractivity contribution in [1.82, 2.24) is 16.0 Å². The molecule has 4 rings (SSSR count). The zero-order chi connectivity index (χ0) is 21.1. The van der Waals surface area contributed by atoms with Gasteiger partial charge in [0, 0.05) is 17.8 Å². The highest BCUT2D eigenvalue weighted by Crippen LogP contribution is 2.28. The van der Waals surface area contributed by atoms with Crippen molar-refractivity contribution < 1.29 is 14.4 Å². The molecule has 156 valence electrons. The molecule has 3 amide bonds. The van der Waals surface area contributed by atoms with Crippen LogP contribution in [0.15, 0.2) is 54.6 Å². The Morgan fingerprint density at radius 2 is 1.73 bits per heavy atom. The van der Waals surface area contributed by atoms with E-state index in [0.29, 0.717) is 5.69 Å². The van der Waals surface area contributed by atoms with Gasteiger partial charge in [-0.1, -0.05) is 37.3 Å². The Morgan fingerprint density at radius 3 is 2.43 bits per heavy atom. The van der Waals surface area contributed by atoms with Gasteiger partial charge in [0.05, 0.1) is 18.0 Å². The summed E-state index contributed by atoms with van der Waals surface area (Å²) in [5.41, 5.74) is 2.63. The van der Waals surface area contributed by atoms with Crippen LogP contribution in [-0.4, -0.2) is 30.2 Å². The van der Waals surface area contributed by atoms with Crippen LogP contribution in [-0.2, 0) is 20.8 Å². The number of nitrogens with one attached hydrogen (secondary N) is 5.